The van der Waals surface area contributed by atoms with E-state index >= 15 is 0 Å². The minimum Gasteiger partial charge on any atom is -0.489 e. The second kappa shape index (κ2) is 6.04. The molecular weight excluding hydrogens is 249 g/mol. The number of furan rings is 1. The summed E-state index contributed by atoms with van der Waals surface area (Å²) in [7, 11) is 1.63. The molecule has 0 aliphatic rings. The molecule has 0 unspecified atom stereocenters. The minimum atomic E-state index is -0.414. The van der Waals surface area contributed by atoms with Crippen molar-refractivity contribution < 1.29 is 18.3 Å². The summed E-state index contributed by atoms with van der Waals surface area (Å²) < 4.78 is 23.6. The zero-order valence-electron chi connectivity index (χ0n) is 10.5. The molecule has 0 aliphatic heterocycles. The number of ether oxygens (including phenoxy) is 1. The molecule has 100 valence electrons. The quantitative estimate of drug-likeness (QED) is 0.832. The fourth-order valence-corrected chi connectivity index (χ4v) is 1.54. The summed E-state index contributed by atoms with van der Waals surface area (Å²) in [5.41, 5.74) is 0. The van der Waals surface area contributed by atoms with E-state index in [1.807, 2.05) is 0 Å². The van der Waals surface area contributed by atoms with Crippen LogP contribution in [0.3, 0.4) is 0 Å². The van der Waals surface area contributed by atoms with Crippen molar-refractivity contribution in [1.82, 2.24) is 4.90 Å². The molecule has 0 N–H and O–H groups in total. The Balaban J connectivity index is 1.83. The van der Waals surface area contributed by atoms with E-state index in [-0.39, 0.29) is 24.0 Å². The highest BCUT2D eigenvalue weighted by atomic mass is 19.1. The first-order chi connectivity index (χ1) is 9.18. The Bertz CT molecular complexity index is 539. The molecule has 5 heteroatoms. The van der Waals surface area contributed by atoms with Crippen molar-refractivity contribution in [3.63, 3.8) is 0 Å². The number of amides is 1. The first-order valence-electron chi connectivity index (χ1n) is 5.85. The van der Waals surface area contributed by atoms with E-state index in [1.54, 1.807) is 37.4 Å². The minimum absolute atomic E-state index is 0.182. The Morgan fingerprint density at radius 3 is 2.79 bits per heavy atom. The Morgan fingerprint density at radius 1 is 1.32 bits per heavy atom. The Hall–Kier alpha value is -2.30. The second-order valence-electron chi connectivity index (χ2n) is 3.98. The number of para-hydroxylation sites is 1. The van der Waals surface area contributed by atoms with Crippen LogP contribution in [0.5, 0.6) is 5.75 Å². The second-order valence-corrected chi connectivity index (χ2v) is 3.98. The maximum absolute atomic E-state index is 13.3. The molecule has 2 aromatic rings. The van der Waals surface area contributed by atoms with Crippen molar-refractivity contribution in [2.45, 2.75) is 0 Å². The van der Waals surface area contributed by atoms with Crippen molar-refractivity contribution >= 4 is 5.91 Å². The highest BCUT2D eigenvalue weighted by Crippen LogP contribution is 2.15. The van der Waals surface area contributed by atoms with Crippen molar-refractivity contribution in [2.24, 2.45) is 0 Å². The van der Waals surface area contributed by atoms with Gasteiger partial charge in [-0.25, -0.2) is 4.39 Å². The molecule has 0 atom stereocenters. The summed E-state index contributed by atoms with van der Waals surface area (Å²) in [6, 6.07) is 9.40. The van der Waals surface area contributed by atoms with Crippen LogP contribution in [-0.2, 0) is 0 Å². The first kappa shape index (κ1) is 13.1. The summed E-state index contributed by atoms with van der Waals surface area (Å²) in [5, 5.41) is 0. The van der Waals surface area contributed by atoms with Crippen LogP contribution in [0.15, 0.2) is 47.1 Å². The molecular formula is C14H14FNO3. The van der Waals surface area contributed by atoms with E-state index in [0.717, 1.165) is 0 Å². The predicted octanol–water partition coefficient (Wildman–Crippen LogP) is 2.57. The predicted molar refractivity (Wildman–Crippen MR) is 67.6 cm³/mol. The first-order valence-corrected chi connectivity index (χ1v) is 5.85. The molecule has 19 heavy (non-hydrogen) atoms. The van der Waals surface area contributed by atoms with Gasteiger partial charge in [0.2, 0.25) is 0 Å². The van der Waals surface area contributed by atoms with Gasteiger partial charge >= 0.3 is 0 Å². The highest BCUT2D eigenvalue weighted by Gasteiger charge is 2.14. The van der Waals surface area contributed by atoms with E-state index in [4.69, 9.17) is 9.15 Å². The normalized spacial score (nSPS) is 10.2. The van der Waals surface area contributed by atoms with Crippen LogP contribution in [0.1, 0.15) is 10.6 Å². The molecule has 4 nitrogen and oxygen atoms in total. The monoisotopic (exact) mass is 263 g/mol. The van der Waals surface area contributed by atoms with Gasteiger partial charge in [0.05, 0.1) is 12.8 Å². The van der Waals surface area contributed by atoms with Gasteiger partial charge in [0.25, 0.3) is 5.91 Å². The number of rotatable bonds is 5. The fourth-order valence-electron chi connectivity index (χ4n) is 1.54. The average molecular weight is 263 g/mol. The van der Waals surface area contributed by atoms with Crippen molar-refractivity contribution in [2.75, 3.05) is 20.2 Å². The van der Waals surface area contributed by atoms with Crippen LogP contribution in [0, 0.1) is 5.82 Å². The lowest BCUT2D eigenvalue weighted by Crippen LogP contribution is -2.30. The topological polar surface area (TPSA) is 42.7 Å². The number of benzene rings is 1. The van der Waals surface area contributed by atoms with Gasteiger partial charge in [-0.05, 0) is 24.3 Å². The zero-order chi connectivity index (χ0) is 13.7. The van der Waals surface area contributed by atoms with Crippen molar-refractivity contribution in [1.29, 1.82) is 0 Å². The molecule has 0 aliphatic carbocycles. The van der Waals surface area contributed by atoms with Gasteiger partial charge in [0, 0.05) is 7.05 Å². The van der Waals surface area contributed by atoms with Crippen LogP contribution in [0.25, 0.3) is 0 Å². The highest BCUT2D eigenvalue weighted by molar-refractivity contribution is 5.91. The van der Waals surface area contributed by atoms with Gasteiger partial charge in [0.1, 0.15) is 6.61 Å². The number of likely N-dealkylation sites (N-methyl/N-ethyl adjacent to an activating group) is 1. The summed E-state index contributed by atoms with van der Waals surface area (Å²) in [6.07, 6.45) is 1.44. The Morgan fingerprint density at radius 2 is 2.11 bits per heavy atom. The van der Waals surface area contributed by atoms with Crippen LogP contribution in [-0.4, -0.2) is 31.0 Å². The molecule has 1 aromatic carbocycles. The third kappa shape index (κ3) is 3.34. The SMILES string of the molecule is CN(CCOc1ccccc1F)C(=O)c1ccco1. The molecule has 1 aromatic heterocycles. The molecule has 0 saturated carbocycles. The molecule has 2 rings (SSSR count). The number of carbonyl (C=O) groups excluding carboxylic acids is 1. The lowest BCUT2D eigenvalue weighted by Gasteiger charge is -2.16. The van der Waals surface area contributed by atoms with E-state index in [1.165, 1.54) is 17.2 Å². The summed E-state index contributed by atoms with van der Waals surface area (Å²) in [4.78, 5) is 13.3. The van der Waals surface area contributed by atoms with E-state index < -0.39 is 5.82 Å². The van der Waals surface area contributed by atoms with Crippen molar-refractivity contribution in [3.8, 4) is 5.75 Å². The Kier molecular flexibility index (Phi) is 4.18. The van der Waals surface area contributed by atoms with Crippen LogP contribution < -0.4 is 4.74 Å². The summed E-state index contributed by atoms with van der Waals surface area (Å²) >= 11 is 0. The maximum Gasteiger partial charge on any atom is 0.289 e. The lowest BCUT2D eigenvalue weighted by atomic mass is 10.3. The number of hydrogen-bond acceptors (Lipinski definition) is 3. The third-order valence-corrected chi connectivity index (χ3v) is 2.60. The largest absolute Gasteiger partial charge is 0.489 e. The van der Waals surface area contributed by atoms with Gasteiger partial charge in [0.15, 0.2) is 17.3 Å². The summed E-state index contributed by atoms with van der Waals surface area (Å²) in [5.74, 6) is -0.195. The van der Waals surface area contributed by atoms with Crippen LogP contribution >= 0.6 is 0 Å². The number of hydrogen-bond donors (Lipinski definition) is 0. The Labute approximate surface area is 110 Å². The molecule has 0 fully saturated rings. The van der Waals surface area contributed by atoms with E-state index in [9.17, 15) is 9.18 Å². The molecule has 1 amide bonds. The molecule has 0 bridgehead atoms. The van der Waals surface area contributed by atoms with Gasteiger partial charge in [-0.2, -0.15) is 0 Å². The average Bonchev–Trinajstić information content (AvgIpc) is 2.94. The zero-order valence-corrected chi connectivity index (χ0v) is 10.5. The number of carbonyl (C=O) groups is 1. The van der Waals surface area contributed by atoms with Gasteiger partial charge < -0.3 is 14.1 Å². The molecule has 0 saturated heterocycles. The van der Waals surface area contributed by atoms with E-state index in [0.29, 0.717) is 6.54 Å². The van der Waals surface area contributed by atoms with Crippen LogP contribution in [0.2, 0.25) is 0 Å². The lowest BCUT2D eigenvalue weighted by molar-refractivity contribution is 0.0741. The standard InChI is InChI=1S/C14H14FNO3/c1-16(14(17)13-7-4-9-18-13)8-10-19-12-6-3-2-5-11(12)15/h2-7,9H,8,10H2,1H3. The van der Waals surface area contributed by atoms with E-state index in [2.05, 4.69) is 0 Å². The summed E-state index contributed by atoms with van der Waals surface area (Å²) in [6.45, 7) is 0.553. The smallest absolute Gasteiger partial charge is 0.289 e. The molecule has 0 radical (unpaired) electrons. The van der Waals surface area contributed by atoms with Crippen LogP contribution in [0.4, 0.5) is 4.39 Å². The van der Waals surface area contributed by atoms with Crippen molar-refractivity contribution in [3.05, 3.63) is 54.2 Å². The van der Waals surface area contributed by atoms with Gasteiger partial charge in [-0.15, -0.1) is 0 Å². The number of nitrogens with zero attached hydrogens (tertiary/aromatic N) is 1. The van der Waals surface area contributed by atoms with Gasteiger partial charge in [-0.3, -0.25) is 4.79 Å². The third-order valence-electron chi connectivity index (χ3n) is 2.60. The van der Waals surface area contributed by atoms with Gasteiger partial charge in [-0.1, -0.05) is 12.1 Å². The maximum atomic E-state index is 13.3. The molecule has 1 heterocycles. The molecule has 0 spiro atoms. The fraction of sp³-hybridized carbons (Fsp3) is 0.214. The number of halogens is 1.